The van der Waals surface area contributed by atoms with E-state index in [0.717, 1.165) is 5.56 Å². The van der Waals surface area contributed by atoms with Crippen molar-refractivity contribution in [3.63, 3.8) is 0 Å². The molecule has 0 spiro atoms. The second-order valence-electron chi connectivity index (χ2n) is 6.94. The van der Waals surface area contributed by atoms with E-state index in [1.165, 1.54) is 37.7 Å². The van der Waals surface area contributed by atoms with Crippen molar-refractivity contribution in [3.05, 3.63) is 71.8 Å². The first-order valence-corrected chi connectivity index (χ1v) is 8.91. The van der Waals surface area contributed by atoms with Crippen LogP contribution >= 0.6 is 0 Å². The van der Waals surface area contributed by atoms with E-state index in [-0.39, 0.29) is 6.04 Å². The third-order valence-corrected chi connectivity index (χ3v) is 5.50. The van der Waals surface area contributed by atoms with Gasteiger partial charge in [0, 0.05) is 6.04 Å². The summed E-state index contributed by atoms with van der Waals surface area (Å²) < 4.78 is 0. The molecule has 1 saturated carbocycles. The van der Waals surface area contributed by atoms with Gasteiger partial charge in [0.15, 0.2) is 0 Å². The third-order valence-electron chi connectivity index (χ3n) is 5.50. The lowest BCUT2D eigenvalue weighted by molar-refractivity contribution is 0.142. The Bertz CT molecular complexity index is 621. The van der Waals surface area contributed by atoms with E-state index in [1.807, 2.05) is 30.3 Å². The van der Waals surface area contributed by atoms with Crippen LogP contribution in [-0.2, 0) is 0 Å². The Morgan fingerprint density at radius 1 is 0.826 bits per heavy atom. The van der Waals surface area contributed by atoms with Gasteiger partial charge in [-0.25, -0.2) is 0 Å². The Balaban J connectivity index is 1.60. The zero-order valence-electron chi connectivity index (χ0n) is 13.5. The van der Waals surface area contributed by atoms with Gasteiger partial charge in [-0.15, -0.1) is 0 Å². The van der Waals surface area contributed by atoms with Crippen LogP contribution in [0.2, 0.25) is 0 Å². The molecule has 2 nitrogen and oxygen atoms in total. The monoisotopic (exact) mass is 307 g/mol. The molecule has 1 saturated heterocycles. The predicted molar refractivity (Wildman–Crippen MR) is 93.1 cm³/mol. The van der Waals surface area contributed by atoms with Crippen LogP contribution < -0.4 is 0 Å². The summed E-state index contributed by atoms with van der Waals surface area (Å²) in [6, 6.07) is 22.1. The number of hydrogen-bond acceptors (Lipinski definition) is 2. The van der Waals surface area contributed by atoms with Crippen molar-refractivity contribution in [1.29, 1.82) is 0 Å². The molecular formula is C21H25NO. The second-order valence-corrected chi connectivity index (χ2v) is 6.94. The lowest BCUT2D eigenvalue weighted by Gasteiger charge is -2.25. The Hall–Kier alpha value is -1.64. The average molecular weight is 307 g/mol. The van der Waals surface area contributed by atoms with Crippen LogP contribution in [0.3, 0.4) is 0 Å². The van der Waals surface area contributed by atoms with Crippen molar-refractivity contribution in [2.75, 3.05) is 0 Å². The molecular weight excluding hydrogens is 282 g/mol. The van der Waals surface area contributed by atoms with E-state index in [2.05, 4.69) is 35.2 Å². The fraction of sp³-hybridized carbons (Fsp3) is 0.429. The van der Waals surface area contributed by atoms with E-state index >= 15 is 0 Å². The highest BCUT2D eigenvalue weighted by atomic mass is 16.3. The minimum Gasteiger partial charge on any atom is -0.387 e. The van der Waals surface area contributed by atoms with Gasteiger partial charge in [0.25, 0.3) is 0 Å². The molecule has 4 unspecified atom stereocenters. The first-order chi connectivity index (χ1) is 11.4. The van der Waals surface area contributed by atoms with Gasteiger partial charge in [0.05, 0.1) is 18.2 Å². The SMILES string of the molecule is OC(c1ccccc1)C1C(c2ccccc2)N1C1CCCCC1. The molecule has 2 aliphatic rings. The number of aliphatic hydroxyl groups excluding tert-OH is 1. The lowest BCUT2D eigenvalue weighted by Crippen LogP contribution is -2.25. The van der Waals surface area contributed by atoms with Crippen LogP contribution in [-0.4, -0.2) is 22.1 Å². The lowest BCUT2D eigenvalue weighted by atomic mass is 9.95. The van der Waals surface area contributed by atoms with Gasteiger partial charge in [-0.3, -0.25) is 4.90 Å². The van der Waals surface area contributed by atoms with Crippen LogP contribution in [0.15, 0.2) is 60.7 Å². The Kier molecular flexibility index (Phi) is 4.19. The zero-order chi connectivity index (χ0) is 15.6. The van der Waals surface area contributed by atoms with Gasteiger partial charge in [-0.05, 0) is 24.0 Å². The molecule has 2 fully saturated rings. The van der Waals surface area contributed by atoms with Gasteiger partial charge >= 0.3 is 0 Å². The molecule has 1 N–H and O–H groups in total. The van der Waals surface area contributed by atoms with Crippen molar-refractivity contribution < 1.29 is 5.11 Å². The normalized spacial score (nSPS) is 29.2. The van der Waals surface area contributed by atoms with Gasteiger partial charge < -0.3 is 5.11 Å². The summed E-state index contributed by atoms with van der Waals surface area (Å²) in [5, 5.41) is 11.0. The van der Waals surface area contributed by atoms with E-state index in [1.54, 1.807) is 0 Å². The summed E-state index contributed by atoms with van der Waals surface area (Å²) in [7, 11) is 0. The largest absolute Gasteiger partial charge is 0.387 e. The van der Waals surface area contributed by atoms with Gasteiger partial charge in [0.2, 0.25) is 0 Å². The van der Waals surface area contributed by atoms with Gasteiger partial charge in [-0.2, -0.15) is 0 Å². The maximum atomic E-state index is 11.0. The van der Waals surface area contributed by atoms with Crippen molar-refractivity contribution in [2.24, 2.45) is 0 Å². The van der Waals surface area contributed by atoms with Crippen LogP contribution in [0, 0.1) is 0 Å². The summed E-state index contributed by atoms with van der Waals surface area (Å²) in [5.74, 6) is 0. The highest BCUT2D eigenvalue weighted by Gasteiger charge is 2.55. The maximum Gasteiger partial charge on any atom is 0.0964 e. The molecule has 1 aliphatic heterocycles. The van der Waals surface area contributed by atoms with E-state index < -0.39 is 6.10 Å². The minimum absolute atomic E-state index is 0.225. The molecule has 2 heteroatoms. The standard InChI is InChI=1S/C21H25NO/c23-21(17-12-6-2-7-13-17)20-19(16-10-4-1-5-11-16)22(20)18-14-8-3-9-15-18/h1-2,4-7,10-13,18-21,23H,3,8-9,14-15H2. The molecule has 1 aliphatic carbocycles. The van der Waals surface area contributed by atoms with Crippen LogP contribution in [0.5, 0.6) is 0 Å². The van der Waals surface area contributed by atoms with Gasteiger partial charge in [0.1, 0.15) is 0 Å². The molecule has 120 valence electrons. The Labute approximate surface area is 138 Å². The molecule has 23 heavy (non-hydrogen) atoms. The van der Waals surface area contributed by atoms with E-state index in [9.17, 15) is 5.11 Å². The molecule has 2 aromatic carbocycles. The zero-order valence-corrected chi connectivity index (χ0v) is 13.5. The summed E-state index contributed by atoms with van der Waals surface area (Å²) in [5.41, 5.74) is 2.38. The maximum absolute atomic E-state index is 11.0. The summed E-state index contributed by atoms with van der Waals surface area (Å²) in [6.45, 7) is 0. The summed E-state index contributed by atoms with van der Waals surface area (Å²) >= 11 is 0. The Morgan fingerprint density at radius 2 is 1.43 bits per heavy atom. The summed E-state index contributed by atoms with van der Waals surface area (Å²) in [4.78, 5) is 2.58. The van der Waals surface area contributed by atoms with Crippen LogP contribution in [0.4, 0.5) is 0 Å². The van der Waals surface area contributed by atoms with Crippen molar-refractivity contribution >= 4 is 0 Å². The minimum atomic E-state index is -0.400. The third kappa shape index (κ3) is 2.93. The molecule has 4 atom stereocenters. The van der Waals surface area contributed by atoms with Gasteiger partial charge in [-0.1, -0.05) is 79.9 Å². The topological polar surface area (TPSA) is 23.2 Å². The number of aliphatic hydroxyl groups is 1. The molecule has 0 radical (unpaired) electrons. The number of hydrogen-bond donors (Lipinski definition) is 1. The first-order valence-electron chi connectivity index (χ1n) is 8.91. The summed E-state index contributed by atoms with van der Waals surface area (Å²) in [6.07, 6.45) is 6.19. The molecule has 2 aromatic rings. The van der Waals surface area contributed by atoms with E-state index in [4.69, 9.17) is 0 Å². The number of rotatable bonds is 4. The molecule has 0 amide bonds. The highest BCUT2D eigenvalue weighted by Crippen LogP contribution is 2.52. The van der Waals surface area contributed by atoms with Crippen molar-refractivity contribution in [1.82, 2.24) is 4.90 Å². The predicted octanol–water partition coefficient (Wildman–Crippen LogP) is 4.48. The average Bonchev–Trinajstić information content (AvgIpc) is 3.39. The molecule has 0 bridgehead atoms. The highest BCUT2D eigenvalue weighted by molar-refractivity contribution is 5.32. The quantitative estimate of drug-likeness (QED) is 0.842. The van der Waals surface area contributed by atoms with Crippen molar-refractivity contribution in [3.8, 4) is 0 Å². The Morgan fingerprint density at radius 3 is 2.09 bits per heavy atom. The number of benzene rings is 2. The van der Waals surface area contributed by atoms with E-state index in [0.29, 0.717) is 12.1 Å². The van der Waals surface area contributed by atoms with Crippen LogP contribution in [0.1, 0.15) is 55.4 Å². The smallest absolute Gasteiger partial charge is 0.0964 e. The van der Waals surface area contributed by atoms with Crippen molar-refractivity contribution in [2.45, 2.75) is 56.3 Å². The fourth-order valence-corrected chi connectivity index (χ4v) is 4.32. The first kappa shape index (κ1) is 14.9. The molecule has 1 heterocycles. The second kappa shape index (κ2) is 6.46. The molecule has 4 rings (SSSR count). The fourth-order valence-electron chi connectivity index (χ4n) is 4.32. The number of nitrogens with zero attached hydrogens (tertiary/aromatic N) is 1. The van der Waals surface area contributed by atoms with Crippen LogP contribution in [0.25, 0.3) is 0 Å². The molecule has 0 aromatic heterocycles.